The van der Waals surface area contributed by atoms with Crippen LogP contribution in [0, 0.1) is 5.92 Å². The highest BCUT2D eigenvalue weighted by atomic mass is 28.4. The minimum atomic E-state index is -1.60. The normalized spacial score (nSPS) is 15.1. The Morgan fingerprint density at radius 3 is 2.27 bits per heavy atom. The fourth-order valence-electron chi connectivity index (χ4n) is 1.00. The molecule has 0 aromatic rings. The van der Waals surface area contributed by atoms with Gasteiger partial charge in [0.1, 0.15) is 6.29 Å². The van der Waals surface area contributed by atoms with Crippen LogP contribution in [-0.2, 0) is 9.22 Å². The van der Waals surface area contributed by atoms with Crippen molar-refractivity contribution in [3.8, 4) is 0 Å². The van der Waals surface area contributed by atoms with Crippen LogP contribution in [-0.4, -0.2) is 21.2 Å². The number of rotatable bonds is 6. The molecule has 0 saturated carbocycles. The van der Waals surface area contributed by atoms with E-state index in [4.69, 9.17) is 4.43 Å². The Kier molecular flexibility index (Phi) is 5.74. The van der Waals surface area contributed by atoms with E-state index >= 15 is 0 Å². The summed E-state index contributed by atoms with van der Waals surface area (Å²) in [5.41, 5.74) is 0. The van der Waals surface area contributed by atoms with Crippen LogP contribution in [0.2, 0.25) is 18.1 Å². The van der Waals surface area contributed by atoms with Crippen LogP contribution < -0.4 is 0 Å². The molecule has 0 amide bonds. The molecule has 0 unspecified atom stereocenters. The average molecular weight is 230 g/mol. The summed E-state index contributed by atoms with van der Waals surface area (Å²) in [6, 6.07) is 0. The molecular formula is C12H26O2Si. The zero-order valence-corrected chi connectivity index (χ0v) is 12.1. The summed E-state index contributed by atoms with van der Waals surface area (Å²) in [6.45, 7) is 14.2. The lowest BCUT2D eigenvalue weighted by Gasteiger charge is -2.37. The Morgan fingerprint density at radius 2 is 1.87 bits per heavy atom. The molecule has 15 heavy (non-hydrogen) atoms. The summed E-state index contributed by atoms with van der Waals surface area (Å²) in [6.07, 6.45) is 2.59. The number of aldehydes is 1. The first kappa shape index (κ1) is 14.8. The fourth-order valence-corrected chi connectivity index (χ4v) is 2.14. The predicted octanol–water partition coefficient (Wildman–Crippen LogP) is 3.62. The first-order chi connectivity index (χ1) is 6.70. The van der Waals surface area contributed by atoms with Crippen molar-refractivity contribution in [3.63, 3.8) is 0 Å². The van der Waals surface area contributed by atoms with E-state index in [9.17, 15) is 4.79 Å². The van der Waals surface area contributed by atoms with Crippen molar-refractivity contribution in [2.75, 3.05) is 6.61 Å². The molecule has 0 aliphatic heterocycles. The van der Waals surface area contributed by atoms with Gasteiger partial charge in [-0.25, -0.2) is 0 Å². The molecule has 0 rings (SSSR count). The smallest absolute Gasteiger partial charge is 0.191 e. The number of hydrogen-bond acceptors (Lipinski definition) is 2. The van der Waals surface area contributed by atoms with Gasteiger partial charge in [0.25, 0.3) is 0 Å². The summed E-state index contributed by atoms with van der Waals surface area (Å²) in [5.74, 6) is 0.490. The van der Waals surface area contributed by atoms with Crippen LogP contribution in [0.15, 0.2) is 0 Å². The van der Waals surface area contributed by atoms with Crippen molar-refractivity contribution in [1.29, 1.82) is 0 Å². The summed E-state index contributed by atoms with van der Waals surface area (Å²) in [5, 5.41) is 0.275. The first-order valence-electron chi connectivity index (χ1n) is 5.78. The van der Waals surface area contributed by atoms with Gasteiger partial charge >= 0.3 is 0 Å². The van der Waals surface area contributed by atoms with E-state index in [1.807, 2.05) is 0 Å². The molecule has 0 aliphatic carbocycles. The first-order valence-corrected chi connectivity index (χ1v) is 8.69. The highest BCUT2D eigenvalue weighted by Gasteiger charge is 2.37. The Hall–Kier alpha value is -0.153. The van der Waals surface area contributed by atoms with Gasteiger partial charge < -0.3 is 9.22 Å². The van der Waals surface area contributed by atoms with Crippen LogP contribution in [0.3, 0.4) is 0 Å². The molecule has 0 bridgehead atoms. The van der Waals surface area contributed by atoms with Gasteiger partial charge in [-0.2, -0.15) is 0 Å². The third-order valence-electron chi connectivity index (χ3n) is 3.31. The van der Waals surface area contributed by atoms with E-state index in [-0.39, 0.29) is 5.04 Å². The van der Waals surface area contributed by atoms with Crippen LogP contribution in [0.4, 0.5) is 0 Å². The Morgan fingerprint density at radius 1 is 1.33 bits per heavy atom. The van der Waals surface area contributed by atoms with Crippen molar-refractivity contribution in [2.24, 2.45) is 5.92 Å². The summed E-state index contributed by atoms with van der Waals surface area (Å²) < 4.78 is 6.08. The van der Waals surface area contributed by atoms with E-state index in [0.29, 0.717) is 12.3 Å². The zero-order chi connectivity index (χ0) is 12.1. The second kappa shape index (κ2) is 5.80. The molecular weight excluding hydrogens is 204 g/mol. The van der Waals surface area contributed by atoms with Crippen LogP contribution >= 0.6 is 0 Å². The van der Waals surface area contributed by atoms with Gasteiger partial charge in [0.2, 0.25) is 0 Å². The highest BCUT2D eigenvalue weighted by Crippen LogP contribution is 2.36. The van der Waals surface area contributed by atoms with Crippen LogP contribution in [0.25, 0.3) is 0 Å². The fraction of sp³-hybridized carbons (Fsp3) is 0.917. The summed E-state index contributed by atoms with van der Waals surface area (Å²) in [7, 11) is -1.60. The molecule has 0 fully saturated rings. The molecule has 0 radical (unpaired) electrons. The number of hydrogen-bond donors (Lipinski definition) is 0. The average Bonchev–Trinajstić information content (AvgIpc) is 2.09. The van der Waals surface area contributed by atoms with Gasteiger partial charge in [-0.15, -0.1) is 0 Å². The van der Waals surface area contributed by atoms with E-state index in [0.717, 1.165) is 19.3 Å². The highest BCUT2D eigenvalue weighted by molar-refractivity contribution is 6.74. The van der Waals surface area contributed by atoms with E-state index in [2.05, 4.69) is 40.8 Å². The molecule has 0 aliphatic rings. The number of carbonyl (C=O) groups is 1. The maximum absolute atomic E-state index is 10.2. The van der Waals surface area contributed by atoms with Crippen molar-refractivity contribution in [3.05, 3.63) is 0 Å². The zero-order valence-electron chi connectivity index (χ0n) is 11.1. The van der Waals surface area contributed by atoms with Gasteiger partial charge in [0.15, 0.2) is 8.32 Å². The minimum absolute atomic E-state index is 0.275. The molecule has 90 valence electrons. The lowest BCUT2D eigenvalue weighted by molar-refractivity contribution is -0.108. The van der Waals surface area contributed by atoms with E-state index in [1.165, 1.54) is 0 Å². The predicted molar refractivity (Wildman–Crippen MR) is 67.6 cm³/mol. The van der Waals surface area contributed by atoms with E-state index in [1.54, 1.807) is 0 Å². The molecule has 3 heteroatoms. The van der Waals surface area contributed by atoms with Crippen molar-refractivity contribution in [1.82, 2.24) is 0 Å². The molecule has 0 spiro atoms. The second-order valence-corrected chi connectivity index (χ2v) is 10.7. The molecule has 0 heterocycles. The summed E-state index contributed by atoms with van der Waals surface area (Å²) >= 11 is 0. The SMILES string of the molecule is C[C@@H](CCC=O)CO[Si](C)(C)C(C)(C)C. The lowest BCUT2D eigenvalue weighted by atomic mass is 10.1. The van der Waals surface area contributed by atoms with E-state index < -0.39 is 8.32 Å². The maximum atomic E-state index is 10.2. The Bertz CT molecular complexity index is 194. The van der Waals surface area contributed by atoms with Gasteiger partial charge in [-0.1, -0.05) is 27.7 Å². The molecule has 1 atom stereocenters. The third kappa shape index (κ3) is 5.47. The van der Waals surface area contributed by atoms with Crippen molar-refractivity contribution >= 4 is 14.6 Å². The molecule has 2 nitrogen and oxygen atoms in total. The molecule has 0 aromatic heterocycles. The second-order valence-electron chi connectivity index (χ2n) is 5.92. The Labute approximate surface area is 95.5 Å². The van der Waals surface area contributed by atoms with Crippen molar-refractivity contribution < 1.29 is 9.22 Å². The Balaban J connectivity index is 3.98. The molecule has 0 N–H and O–H groups in total. The molecule has 0 aromatic carbocycles. The summed E-state index contributed by atoms with van der Waals surface area (Å²) in [4.78, 5) is 10.2. The van der Waals surface area contributed by atoms with Crippen LogP contribution in [0.5, 0.6) is 0 Å². The monoisotopic (exact) mass is 230 g/mol. The van der Waals surface area contributed by atoms with Gasteiger partial charge in [0.05, 0.1) is 0 Å². The maximum Gasteiger partial charge on any atom is 0.191 e. The number of carbonyl (C=O) groups excluding carboxylic acids is 1. The topological polar surface area (TPSA) is 26.3 Å². The minimum Gasteiger partial charge on any atom is -0.417 e. The quantitative estimate of drug-likeness (QED) is 0.514. The standard InChI is InChI=1S/C12H26O2Si/c1-11(8-7-9-13)10-14-15(5,6)12(2,3)4/h9,11H,7-8,10H2,1-6H3/t11-/m0/s1. The van der Waals surface area contributed by atoms with Crippen molar-refractivity contribution in [2.45, 2.75) is 58.7 Å². The van der Waals surface area contributed by atoms with Gasteiger partial charge in [-0.05, 0) is 30.5 Å². The largest absolute Gasteiger partial charge is 0.417 e. The van der Waals surface area contributed by atoms with Crippen LogP contribution in [0.1, 0.15) is 40.5 Å². The third-order valence-corrected chi connectivity index (χ3v) is 7.81. The molecule has 0 saturated heterocycles. The van der Waals surface area contributed by atoms with Gasteiger partial charge in [0, 0.05) is 13.0 Å². The van der Waals surface area contributed by atoms with Gasteiger partial charge in [-0.3, -0.25) is 0 Å². The lowest BCUT2D eigenvalue weighted by Crippen LogP contribution is -2.41.